The van der Waals surface area contributed by atoms with Crippen LogP contribution in [0.25, 0.3) is 5.57 Å². The highest BCUT2D eigenvalue weighted by molar-refractivity contribution is 9.11. The van der Waals surface area contributed by atoms with Gasteiger partial charge in [-0.05, 0) is 17.2 Å². The number of benzene rings is 1. The van der Waals surface area contributed by atoms with Gasteiger partial charge in [-0.15, -0.1) is 0 Å². The number of allylic oxidation sites excluding steroid dienone is 4. The molecule has 1 aliphatic rings. The van der Waals surface area contributed by atoms with Crippen molar-refractivity contribution in [1.82, 2.24) is 0 Å². The molecule has 0 saturated heterocycles. The number of hydrogen-bond acceptors (Lipinski definition) is 0. The van der Waals surface area contributed by atoms with Crippen LogP contribution in [0.4, 0.5) is 0 Å². The van der Waals surface area contributed by atoms with Gasteiger partial charge in [0, 0.05) is 10.9 Å². The van der Waals surface area contributed by atoms with E-state index in [1.54, 1.807) is 0 Å². The maximum atomic E-state index is 6.03. The van der Waals surface area contributed by atoms with Crippen LogP contribution in [0.2, 0.25) is 0 Å². The van der Waals surface area contributed by atoms with E-state index in [4.69, 9.17) is 23.2 Å². The van der Waals surface area contributed by atoms with Crippen LogP contribution in [-0.4, -0.2) is 4.33 Å². The van der Waals surface area contributed by atoms with Gasteiger partial charge in [-0.25, -0.2) is 0 Å². The number of hydrogen-bond donors (Lipinski definition) is 0. The average Bonchev–Trinajstić information content (AvgIpc) is 2.17. The fourth-order valence-electron chi connectivity index (χ4n) is 1.53. The first kappa shape index (κ1) is 11.3. The second-order valence-corrected chi connectivity index (χ2v) is 5.96. The molecular weight excluding hydrogens is 295 g/mol. The molecule has 0 aromatic heterocycles. The molecule has 0 radical (unpaired) electrons. The summed E-state index contributed by atoms with van der Waals surface area (Å²) in [5.41, 5.74) is 2.32. The molecule has 78 valence electrons. The second-order valence-electron chi connectivity index (χ2n) is 3.46. The molecule has 0 spiro atoms. The lowest BCUT2D eigenvalue weighted by molar-refractivity contribution is 0.956. The second kappa shape index (κ2) is 4.32. The van der Waals surface area contributed by atoms with Gasteiger partial charge in [0.25, 0.3) is 0 Å². The lowest BCUT2D eigenvalue weighted by Gasteiger charge is -2.21. The van der Waals surface area contributed by atoms with Crippen molar-refractivity contribution in [3.63, 3.8) is 0 Å². The van der Waals surface area contributed by atoms with E-state index >= 15 is 0 Å². The van der Waals surface area contributed by atoms with E-state index in [9.17, 15) is 0 Å². The van der Waals surface area contributed by atoms with Crippen LogP contribution in [0, 0.1) is 0 Å². The largest absolute Gasteiger partial charge is 0.141 e. The molecule has 0 heterocycles. The minimum absolute atomic E-state index is 0.608. The summed E-state index contributed by atoms with van der Waals surface area (Å²) in [5.74, 6) is 0. The van der Waals surface area contributed by atoms with Crippen LogP contribution < -0.4 is 0 Å². The van der Waals surface area contributed by atoms with Crippen molar-refractivity contribution in [3.8, 4) is 0 Å². The van der Waals surface area contributed by atoms with E-state index in [1.807, 2.05) is 30.4 Å². The summed E-state index contributed by atoms with van der Waals surface area (Å²) < 4.78 is 0.262. The van der Waals surface area contributed by atoms with Gasteiger partial charge in [0.2, 0.25) is 0 Å². The van der Waals surface area contributed by atoms with E-state index in [-0.39, 0.29) is 0 Å². The molecule has 0 N–H and O–H groups in total. The van der Waals surface area contributed by atoms with E-state index in [0.717, 1.165) is 10.1 Å². The summed E-state index contributed by atoms with van der Waals surface area (Å²) in [7, 11) is 0. The van der Waals surface area contributed by atoms with Crippen molar-refractivity contribution in [2.24, 2.45) is 0 Å². The van der Waals surface area contributed by atoms with Gasteiger partial charge >= 0.3 is 0 Å². The predicted molar refractivity (Wildman–Crippen MR) is 70.5 cm³/mol. The quantitative estimate of drug-likeness (QED) is 0.646. The Balaban J connectivity index is 2.37. The third-order valence-corrected chi connectivity index (χ3v) is 3.49. The molecule has 0 atom stereocenters. The molecule has 1 aromatic rings. The summed E-state index contributed by atoms with van der Waals surface area (Å²) in [5, 5.41) is 0. The molecule has 0 fully saturated rings. The number of alkyl halides is 2. The highest BCUT2D eigenvalue weighted by atomic mass is 79.9. The van der Waals surface area contributed by atoms with Gasteiger partial charge in [-0.3, -0.25) is 0 Å². The van der Waals surface area contributed by atoms with Crippen molar-refractivity contribution in [1.29, 1.82) is 0 Å². The molecule has 1 aromatic carbocycles. The highest BCUT2D eigenvalue weighted by Gasteiger charge is 2.26. The van der Waals surface area contributed by atoms with Crippen molar-refractivity contribution < 1.29 is 0 Å². The zero-order chi connectivity index (χ0) is 10.9. The first-order valence-corrected chi connectivity index (χ1v) is 6.14. The van der Waals surface area contributed by atoms with Crippen molar-refractivity contribution in [3.05, 3.63) is 52.5 Å². The topological polar surface area (TPSA) is 0 Å². The van der Waals surface area contributed by atoms with Crippen LogP contribution in [0.5, 0.6) is 0 Å². The summed E-state index contributed by atoms with van der Waals surface area (Å²) >= 11 is 15.6. The molecule has 0 aliphatic heterocycles. The molecule has 0 amide bonds. The maximum Gasteiger partial charge on any atom is 0.141 e. The Morgan fingerprint density at radius 2 is 1.80 bits per heavy atom. The van der Waals surface area contributed by atoms with Gasteiger partial charge < -0.3 is 0 Å². The van der Waals surface area contributed by atoms with Crippen LogP contribution in [0.1, 0.15) is 12.0 Å². The average molecular weight is 304 g/mol. The summed E-state index contributed by atoms with van der Waals surface area (Å²) in [4.78, 5) is 0. The molecule has 0 nitrogen and oxygen atoms in total. The summed E-state index contributed by atoms with van der Waals surface area (Å²) in [6, 6.07) is 10.2. The Kier molecular flexibility index (Phi) is 3.24. The Morgan fingerprint density at radius 1 is 1.13 bits per heavy atom. The highest BCUT2D eigenvalue weighted by Crippen LogP contribution is 2.41. The van der Waals surface area contributed by atoms with Crippen LogP contribution in [0.15, 0.2) is 47.0 Å². The molecule has 3 heteroatoms. The third-order valence-electron chi connectivity index (χ3n) is 2.26. The molecule has 0 saturated carbocycles. The Morgan fingerprint density at radius 3 is 2.40 bits per heavy atom. The Labute approximate surface area is 108 Å². The first-order chi connectivity index (χ1) is 7.08. The lowest BCUT2D eigenvalue weighted by atomic mass is 9.99. The van der Waals surface area contributed by atoms with Crippen LogP contribution in [0.3, 0.4) is 0 Å². The van der Waals surface area contributed by atoms with Crippen molar-refractivity contribution in [2.75, 3.05) is 0 Å². The van der Waals surface area contributed by atoms with E-state index in [1.165, 1.54) is 5.56 Å². The fourth-order valence-corrected chi connectivity index (χ4v) is 3.05. The molecule has 15 heavy (non-hydrogen) atoms. The standard InChI is InChI=1S/C12H9BrCl2/c13-11-8-12(14,15)7-6-10(11)9-4-2-1-3-5-9/h1-7H,8H2. The Bertz CT molecular complexity index is 419. The van der Waals surface area contributed by atoms with Gasteiger partial charge in [0.15, 0.2) is 0 Å². The molecule has 0 bridgehead atoms. The minimum atomic E-state index is -0.781. The van der Waals surface area contributed by atoms with E-state index in [2.05, 4.69) is 28.1 Å². The van der Waals surface area contributed by atoms with Gasteiger partial charge in [-0.2, -0.15) is 0 Å². The van der Waals surface area contributed by atoms with Gasteiger partial charge in [0.05, 0.1) is 0 Å². The Hall–Kier alpha value is -0.240. The normalized spacial score (nSPS) is 19.4. The fraction of sp³-hybridized carbons (Fsp3) is 0.167. The van der Waals surface area contributed by atoms with Crippen LogP contribution >= 0.6 is 39.1 Å². The van der Waals surface area contributed by atoms with Gasteiger partial charge in [0.1, 0.15) is 4.33 Å². The SMILES string of the molecule is ClC1(Cl)C=CC(c2ccccc2)=C(Br)C1. The maximum absolute atomic E-state index is 6.03. The zero-order valence-corrected chi connectivity index (χ0v) is 11.0. The molecule has 0 unspecified atom stereocenters. The number of halogens is 3. The first-order valence-electron chi connectivity index (χ1n) is 4.60. The zero-order valence-electron chi connectivity index (χ0n) is 7.88. The summed E-state index contributed by atoms with van der Waals surface area (Å²) in [6.45, 7) is 0. The minimum Gasteiger partial charge on any atom is -0.0966 e. The summed E-state index contributed by atoms with van der Waals surface area (Å²) in [6.07, 6.45) is 4.39. The van der Waals surface area contributed by atoms with Gasteiger partial charge in [-0.1, -0.05) is 75.5 Å². The lowest BCUT2D eigenvalue weighted by Crippen LogP contribution is -2.12. The van der Waals surface area contributed by atoms with Crippen molar-refractivity contribution in [2.45, 2.75) is 10.8 Å². The molecular formula is C12H9BrCl2. The number of rotatable bonds is 1. The van der Waals surface area contributed by atoms with Crippen LogP contribution in [-0.2, 0) is 0 Å². The predicted octanol–water partition coefficient (Wildman–Crippen LogP) is 4.93. The molecule has 2 rings (SSSR count). The molecule has 1 aliphatic carbocycles. The van der Waals surface area contributed by atoms with E-state index < -0.39 is 4.33 Å². The van der Waals surface area contributed by atoms with Crippen molar-refractivity contribution >= 4 is 44.7 Å². The smallest absolute Gasteiger partial charge is 0.0966 e. The third kappa shape index (κ3) is 2.66. The van der Waals surface area contributed by atoms with E-state index in [0.29, 0.717) is 6.42 Å². The monoisotopic (exact) mass is 302 g/mol.